The molecule has 0 spiro atoms. The molecule has 1 aromatic carbocycles. The number of piperidine rings is 1. The molecule has 1 saturated carbocycles. The van der Waals surface area contributed by atoms with E-state index in [1.54, 1.807) is 6.07 Å². The maximum atomic E-state index is 12.8. The molecule has 1 aromatic heterocycles. The minimum atomic E-state index is 0.0473. The molecule has 1 amide bonds. The van der Waals surface area contributed by atoms with Gasteiger partial charge >= 0.3 is 0 Å². The van der Waals surface area contributed by atoms with Gasteiger partial charge in [0.25, 0.3) is 11.5 Å². The van der Waals surface area contributed by atoms with Crippen LogP contribution < -0.4 is 10.3 Å². The summed E-state index contributed by atoms with van der Waals surface area (Å²) in [5, 5.41) is 1.10. The highest BCUT2D eigenvalue weighted by Gasteiger charge is 2.24. The first-order chi connectivity index (χ1) is 13.5. The standard InChI is InChI=1S/C23H30N2O3/c1-16(2)20-13-22(26)25(14-17-6-7-17)21-12-18(8-9-19(20)21)28-15-23(27)24-10-4-3-5-11-24/h8-9,12-13,16-17H,3-7,10-11,14-15H2,1-2H3. The number of carbonyl (C=O) groups is 1. The van der Waals surface area contributed by atoms with E-state index in [-0.39, 0.29) is 24.0 Å². The van der Waals surface area contributed by atoms with Gasteiger partial charge in [-0.05, 0) is 61.6 Å². The van der Waals surface area contributed by atoms with Crippen LogP contribution in [0.15, 0.2) is 29.1 Å². The van der Waals surface area contributed by atoms with Crippen LogP contribution in [0.2, 0.25) is 0 Å². The lowest BCUT2D eigenvalue weighted by Crippen LogP contribution is -2.38. The maximum absolute atomic E-state index is 12.8. The van der Waals surface area contributed by atoms with Crippen LogP contribution in [0.3, 0.4) is 0 Å². The van der Waals surface area contributed by atoms with Crippen LogP contribution >= 0.6 is 0 Å². The number of fused-ring (bicyclic) bond motifs is 1. The van der Waals surface area contributed by atoms with Crippen LogP contribution in [-0.2, 0) is 11.3 Å². The predicted octanol–water partition coefficient (Wildman–Crippen LogP) is 3.93. The zero-order chi connectivity index (χ0) is 19.7. The quantitative estimate of drug-likeness (QED) is 0.761. The van der Waals surface area contributed by atoms with Crippen LogP contribution in [0.25, 0.3) is 10.9 Å². The molecule has 1 saturated heterocycles. The number of benzene rings is 1. The van der Waals surface area contributed by atoms with Gasteiger partial charge in [0.1, 0.15) is 5.75 Å². The van der Waals surface area contributed by atoms with Crippen molar-refractivity contribution in [2.75, 3.05) is 19.7 Å². The second-order valence-electron chi connectivity index (χ2n) is 8.56. The molecule has 2 aliphatic rings. The number of carbonyl (C=O) groups excluding carboxylic acids is 1. The zero-order valence-electron chi connectivity index (χ0n) is 16.9. The predicted molar refractivity (Wildman–Crippen MR) is 111 cm³/mol. The first kappa shape index (κ1) is 19.0. The average molecular weight is 383 g/mol. The van der Waals surface area contributed by atoms with Gasteiger partial charge in [0.15, 0.2) is 6.61 Å². The lowest BCUT2D eigenvalue weighted by Gasteiger charge is -2.26. The molecular formula is C23H30N2O3. The van der Waals surface area contributed by atoms with Gasteiger partial charge in [-0.25, -0.2) is 0 Å². The average Bonchev–Trinajstić information content (AvgIpc) is 3.52. The minimum Gasteiger partial charge on any atom is -0.484 e. The number of nitrogens with zero attached hydrogens (tertiary/aromatic N) is 2. The number of likely N-dealkylation sites (tertiary alicyclic amines) is 1. The van der Waals surface area contributed by atoms with Crippen molar-refractivity contribution in [2.24, 2.45) is 5.92 Å². The zero-order valence-corrected chi connectivity index (χ0v) is 16.9. The topological polar surface area (TPSA) is 51.5 Å². The van der Waals surface area contributed by atoms with Gasteiger partial charge in [-0.3, -0.25) is 9.59 Å². The first-order valence-electron chi connectivity index (χ1n) is 10.6. The van der Waals surface area contributed by atoms with Crippen molar-refractivity contribution in [3.05, 3.63) is 40.2 Å². The monoisotopic (exact) mass is 382 g/mol. The Morgan fingerprint density at radius 3 is 2.57 bits per heavy atom. The van der Waals surface area contributed by atoms with Crippen molar-refractivity contribution in [2.45, 2.75) is 58.4 Å². The summed E-state index contributed by atoms with van der Waals surface area (Å²) >= 11 is 0. The van der Waals surface area contributed by atoms with Gasteiger partial charge in [0.05, 0.1) is 5.52 Å². The molecule has 4 rings (SSSR count). The molecule has 0 unspecified atom stereocenters. The fourth-order valence-electron chi connectivity index (χ4n) is 4.08. The van der Waals surface area contributed by atoms with Crippen molar-refractivity contribution in [3.8, 4) is 5.75 Å². The number of hydrogen-bond acceptors (Lipinski definition) is 3. The first-order valence-corrected chi connectivity index (χ1v) is 10.6. The Balaban J connectivity index is 1.60. The fraction of sp³-hybridized carbons (Fsp3) is 0.565. The summed E-state index contributed by atoms with van der Waals surface area (Å²) in [5.74, 6) is 1.59. The smallest absolute Gasteiger partial charge is 0.260 e. The van der Waals surface area contributed by atoms with Crippen molar-refractivity contribution >= 4 is 16.8 Å². The van der Waals surface area contributed by atoms with E-state index in [9.17, 15) is 9.59 Å². The third kappa shape index (κ3) is 4.08. The molecule has 28 heavy (non-hydrogen) atoms. The van der Waals surface area contributed by atoms with Crippen LogP contribution in [0.4, 0.5) is 0 Å². The number of pyridine rings is 1. The molecule has 2 heterocycles. The number of hydrogen-bond donors (Lipinski definition) is 0. The SMILES string of the molecule is CC(C)c1cc(=O)n(CC2CC2)c2cc(OCC(=O)N3CCCCC3)ccc12. The summed E-state index contributed by atoms with van der Waals surface area (Å²) in [6, 6.07) is 7.68. The third-order valence-electron chi connectivity index (χ3n) is 5.95. The van der Waals surface area contributed by atoms with Crippen molar-refractivity contribution in [1.29, 1.82) is 0 Å². The van der Waals surface area contributed by atoms with E-state index in [1.165, 1.54) is 19.3 Å². The Bertz CT molecular complexity index is 921. The Labute approximate surface area is 166 Å². The summed E-state index contributed by atoms with van der Waals surface area (Å²) in [6.45, 7) is 6.71. The Morgan fingerprint density at radius 2 is 1.89 bits per heavy atom. The van der Waals surface area contributed by atoms with E-state index in [1.807, 2.05) is 27.7 Å². The second-order valence-corrected chi connectivity index (χ2v) is 8.56. The summed E-state index contributed by atoms with van der Waals surface area (Å²) in [4.78, 5) is 27.1. The number of aromatic nitrogens is 1. The van der Waals surface area contributed by atoms with E-state index in [4.69, 9.17) is 4.74 Å². The molecule has 0 atom stereocenters. The van der Waals surface area contributed by atoms with Gasteiger partial charge in [-0.2, -0.15) is 0 Å². The van der Waals surface area contributed by atoms with Gasteiger partial charge in [0, 0.05) is 37.2 Å². The highest BCUT2D eigenvalue weighted by molar-refractivity contribution is 5.85. The van der Waals surface area contributed by atoms with Gasteiger partial charge < -0.3 is 14.2 Å². The fourth-order valence-corrected chi connectivity index (χ4v) is 4.08. The Kier molecular flexibility index (Phi) is 5.42. The van der Waals surface area contributed by atoms with Crippen molar-refractivity contribution in [3.63, 3.8) is 0 Å². The lowest BCUT2D eigenvalue weighted by atomic mass is 9.98. The molecule has 0 N–H and O–H groups in total. The van der Waals surface area contributed by atoms with Gasteiger partial charge in [-0.15, -0.1) is 0 Å². The van der Waals surface area contributed by atoms with Crippen LogP contribution in [-0.4, -0.2) is 35.1 Å². The van der Waals surface area contributed by atoms with Crippen LogP contribution in [0.1, 0.15) is 57.4 Å². The highest BCUT2D eigenvalue weighted by Crippen LogP contribution is 2.33. The van der Waals surface area contributed by atoms with Gasteiger partial charge in [0.2, 0.25) is 0 Å². The van der Waals surface area contributed by atoms with E-state index < -0.39 is 0 Å². The molecule has 0 bridgehead atoms. The normalized spacial score (nSPS) is 17.3. The third-order valence-corrected chi connectivity index (χ3v) is 5.95. The number of rotatable bonds is 6. The summed E-state index contributed by atoms with van der Waals surface area (Å²) in [6.07, 6.45) is 5.74. The summed E-state index contributed by atoms with van der Waals surface area (Å²) in [7, 11) is 0. The largest absolute Gasteiger partial charge is 0.484 e. The van der Waals surface area contributed by atoms with Gasteiger partial charge in [-0.1, -0.05) is 13.8 Å². The minimum absolute atomic E-state index is 0.0473. The molecule has 2 fully saturated rings. The molecule has 0 radical (unpaired) electrons. The highest BCUT2D eigenvalue weighted by atomic mass is 16.5. The molecule has 5 heteroatoms. The van der Waals surface area contributed by atoms with Crippen molar-refractivity contribution < 1.29 is 9.53 Å². The molecule has 1 aliphatic heterocycles. The molecule has 1 aliphatic carbocycles. The van der Waals surface area contributed by atoms with E-state index in [0.29, 0.717) is 11.7 Å². The van der Waals surface area contributed by atoms with Crippen LogP contribution in [0, 0.1) is 5.92 Å². The molecule has 2 aromatic rings. The Hall–Kier alpha value is -2.30. The summed E-state index contributed by atoms with van der Waals surface area (Å²) in [5.41, 5.74) is 2.05. The lowest BCUT2D eigenvalue weighted by molar-refractivity contribution is -0.134. The van der Waals surface area contributed by atoms with E-state index in [0.717, 1.165) is 48.9 Å². The molecule has 150 valence electrons. The Morgan fingerprint density at radius 1 is 1.14 bits per heavy atom. The van der Waals surface area contributed by atoms with Crippen molar-refractivity contribution in [1.82, 2.24) is 9.47 Å². The number of amides is 1. The van der Waals surface area contributed by atoms with Crippen LogP contribution in [0.5, 0.6) is 5.75 Å². The van der Waals surface area contributed by atoms with E-state index >= 15 is 0 Å². The van der Waals surface area contributed by atoms with E-state index in [2.05, 4.69) is 13.8 Å². The summed E-state index contributed by atoms with van der Waals surface area (Å²) < 4.78 is 7.73. The molecular weight excluding hydrogens is 352 g/mol. The molecule has 5 nitrogen and oxygen atoms in total. The number of ether oxygens (including phenoxy) is 1. The second kappa shape index (κ2) is 7.98. The maximum Gasteiger partial charge on any atom is 0.260 e.